The highest BCUT2D eigenvalue weighted by Gasteiger charge is 2.09. The molecule has 0 aliphatic rings. The van der Waals surface area contributed by atoms with Crippen LogP contribution in [0.1, 0.15) is 198 Å². The van der Waals surface area contributed by atoms with Gasteiger partial charge in [-0.2, -0.15) is 0 Å². The zero-order valence-electron chi connectivity index (χ0n) is 31.8. The molecule has 0 saturated heterocycles. The Morgan fingerprint density at radius 1 is 0.477 bits per heavy atom. The molecular formula is C42H80O2. The Morgan fingerprint density at radius 3 is 1.20 bits per heavy atom. The average Bonchev–Trinajstić information content (AvgIpc) is 2.92. The normalized spacial score (nSPS) is 15.5. The first-order chi connectivity index (χ1) is 20.9. The fourth-order valence-corrected chi connectivity index (χ4v) is 6.40. The van der Waals surface area contributed by atoms with Gasteiger partial charge in [0, 0.05) is 6.42 Å². The number of rotatable bonds is 29. The van der Waals surface area contributed by atoms with E-state index in [1.54, 1.807) is 0 Å². The zero-order valence-corrected chi connectivity index (χ0v) is 31.8. The second-order valence-electron chi connectivity index (χ2n) is 16.0. The van der Waals surface area contributed by atoms with E-state index in [2.05, 4.69) is 81.4 Å². The maximum Gasteiger partial charge on any atom is 0.306 e. The molecule has 260 valence electrons. The van der Waals surface area contributed by atoms with Crippen LogP contribution in [0.2, 0.25) is 0 Å². The topological polar surface area (TPSA) is 26.3 Å². The van der Waals surface area contributed by atoms with E-state index >= 15 is 0 Å². The average molecular weight is 617 g/mol. The van der Waals surface area contributed by atoms with Gasteiger partial charge in [-0.1, -0.05) is 163 Å². The number of hydrogen-bond acceptors (Lipinski definition) is 2. The predicted molar refractivity (Wildman–Crippen MR) is 197 cm³/mol. The van der Waals surface area contributed by atoms with Crippen molar-refractivity contribution in [2.24, 2.45) is 35.5 Å². The Kier molecular flexibility index (Phi) is 27.5. The minimum Gasteiger partial charge on any atom is -0.461 e. The van der Waals surface area contributed by atoms with Crippen molar-refractivity contribution >= 4 is 5.97 Å². The lowest BCUT2D eigenvalue weighted by atomic mass is 9.91. The maximum absolute atomic E-state index is 12.2. The lowest BCUT2D eigenvalue weighted by Crippen LogP contribution is -2.04. The largest absolute Gasteiger partial charge is 0.461 e. The van der Waals surface area contributed by atoms with Gasteiger partial charge in [-0.05, 0) is 87.5 Å². The quantitative estimate of drug-likeness (QED) is 0.0617. The minimum atomic E-state index is -0.0720. The van der Waals surface area contributed by atoms with Crippen molar-refractivity contribution in [3.63, 3.8) is 0 Å². The van der Waals surface area contributed by atoms with Crippen molar-refractivity contribution in [2.45, 2.75) is 198 Å². The summed E-state index contributed by atoms with van der Waals surface area (Å²) >= 11 is 0. The van der Waals surface area contributed by atoms with Gasteiger partial charge in [0.2, 0.25) is 0 Å². The predicted octanol–water partition coefficient (Wildman–Crippen LogP) is 14.1. The molecular weight excluding hydrogens is 536 g/mol. The Morgan fingerprint density at radius 2 is 0.818 bits per heavy atom. The van der Waals surface area contributed by atoms with Crippen LogP contribution in [0.15, 0.2) is 23.3 Å². The van der Waals surface area contributed by atoms with E-state index in [9.17, 15) is 4.79 Å². The molecule has 0 fully saturated rings. The lowest BCUT2D eigenvalue weighted by molar-refractivity contribution is -0.142. The molecule has 0 heterocycles. The summed E-state index contributed by atoms with van der Waals surface area (Å²) in [6.45, 7) is 23.9. The summed E-state index contributed by atoms with van der Waals surface area (Å²) in [4.78, 5) is 12.2. The van der Waals surface area contributed by atoms with Crippen LogP contribution in [-0.2, 0) is 9.53 Å². The summed E-state index contributed by atoms with van der Waals surface area (Å²) in [6, 6.07) is 0. The van der Waals surface area contributed by atoms with Crippen molar-refractivity contribution in [1.82, 2.24) is 0 Å². The molecule has 44 heavy (non-hydrogen) atoms. The lowest BCUT2D eigenvalue weighted by Gasteiger charge is -2.15. The van der Waals surface area contributed by atoms with Crippen LogP contribution in [0.5, 0.6) is 0 Å². The molecule has 0 saturated carbocycles. The number of ether oxygens (including phenoxy) is 1. The van der Waals surface area contributed by atoms with Gasteiger partial charge in [0.25, 0.3) is 0 Å². The monoisotopic (exact) mass is 617 g/mol. The van der Waals surface area contributed by atoms with Crippen molar-refractivity contribution < 1.29 is 9.53 Å². The minimum absolute atomic E-state index is 0.0720. The van der Waals surface area contributed by atoms with Crippen LogP contribution < -0.4 is 0 Å². The summed E-state index contributed by atoms with van der Waals surface area (Å²) in [7, 11) is 0. The summed E-state index contributed by atoms with van der Waals surface area (Å²) in [5.74, 6) is 5.01. The van der Waals surface area contributed by atoms with Crippen molar-refractivity contribution in [3.8, 4) is 0 Å². The molecule has 0 aromatic rings. The van der Waals surface area contributed by atoms with Crippen LogP contribution in [0.4, 0.5) is 0 Å². The number of allylic oxidation sites excluding steroid dienone is 3. The molecule has 0 radical (unpaired) electrons. The zero-order chi connectivity index (χ0) is 33.2. The Hall–Kier alpha value is -1.05. The third-order valence-corrected chi connectivity index (χ3v) is 9.80. The summed E-state index contributed by atoms with van der Waals surface area (Å²) < 4.78 is 5.49. The highest BCUT2D eigenvalue weighted by atomic mass is 16.5. The van der Waals surface area contributed by atoms with Crippen LogP contribution >= 0.6 is 0 Å². The Bertz CT molecular complexity index is 670. The van der Waals surface area contributed by atoms with E-state index in [0.717, 1.165) is 54.8 Å². The van der Waals surface area contributed by atoms with Gasteiger partial charge < -0.3 is 4.74 Å². The van der Waals surface area contributed by atoms with Crippen LogP contribution in [0.3, 0.4) is 0 Å². The van der Waals surface area contributed by atoms with Crippen LogP contribution in [0, 0.1) is 35.5 Å². The summed E-state index contributed by atoms with van der Waals surface area (Å²) in [5, 5.41) is 0. The van der Waals surface area contributed by atoms with Gasteiger partial charge in [-0.15, -0.1) is 0 Å². The third-order valence-electron chi connectivity index (χ3n) is 9.80. The molecule has 2 nitrogen and oxygen atoms in total. The molecule has 0 rings (SSSR count). The van der Waals surface area contributed by atoms with Crippen molar-refractivity contribution in [1.29, 1.82) is 0 Å². The maximum atomic E-state index is 12.2. The van der Waals surface area contributed by atoms with Crippen molar-refractivity contribution in [2.75, 3.05) is 6.61 Å². The fourth-order valence-electron chi connectivity index (χ4n) is 6.40. The van der Waals surface area contributed by atoms with Crippen molar-refractivity contribution in [3.05, 3.63) is 23.3 Å². The molecule has 0 aliphatic heterocycles. The van der Waals surface area contributed by atoms with E-state index in [-0.39, 0.29) is 5.97 Å². The smallest absolute Gasteiger partial charge is 0.306 e. The molecule has 4 atom stereocenters. The first-order valence-corrected chi connectivity index (χ1v) is 19.4. The molecule has 0 aromatic heterocycles. The number of hydrogen-bond donors (Lipinski definition) is 0. The van der Waals surface area contributed by atoms with Gasteiger partial charge in [-0.3, -0.25) is 4.79 Å². The highest BCUT2D eigenvalue weighted by Crippen LogP contribution is 2.23. The van der Waals surface area contributed by atoms with E-state index in [1.165, 1.54) is 114 Å². The second-order valence-corrected chi connectivity index (χ2v) is 16.0. The molecule has 0 aliphatic carbocycles. The molecule has 4 unspecified atom stereocenters. The number of carbonyl (C=O) groups is 1. The number of esters is 1. The fraction of sp³-hybridized carbons (Fsp3) is 0.881. The Labute approximate surface area is 278 Å². The van der Waals surface area contributed by atoms with E-state index in [4.69, 9.17) is 4.74 Å². The van der Waals surface area contributed by atoms with E-state index in [1.807, 2.05) is 0 Å². The SMILES string of the molecule is C/C(=C/CCC(=O)OC/C=C(/C)CCCC(C)CCCC(C)CCCC(C)C)CCCC(C)CCCC(C)CCCC(C)C. The second kappa shape index (κ2) is 28.2. The molecule has 2 heteroatoms. The Balaban J connectivity index is 3.86. The first kappa shape index (κ1) is 43.0. The highest BCUT2D eigenvalue weighted by molar-refractivity contribution is 5.69. The molecule has 0 N–H and O–H groups in total. The summed E-state index contributed by atoms with van der Waals surface area (Å²) in [5.41, 5.74) is 2.77. The van der Waals surface area contributed by atoms with Crippen LogP contribution in [-0.4, -0.2) is 12.6 Å². The third kappa shape index (κ3) is 29.6. The first-order valence-electron chi connectivity index (χ1n) is 19.4. The van der Waals surface area contributed by atoms with Gasteiger partial charge >= 0.3 is 5.97 Å². The number of carbonyl (C=O) groups excluding carboxylic acids is 1. The molecule has 0 amide bonds. The van der Waals surface area contributed by atoms with Gasteiger partial charge in [0.1, 0.15) is 6.61 Å². The van der Waals surface area contributed by atoms with Gasteiger partial charge in [0.05, 0.1) is 0 Å². The standard InChI is InChI=1S/C42H80O2/c1-34(2)18-11-20-36(5)22-13-24-38(7)26-15-27-40(9)30-17-31-42(43)44-33-32-41(10)29-16-28-39(8)25-14-23-37(6)21-12-19-35(3)4/h30,32,34-39H,11-29,31,33H2,1-10H3/b40-30-,41-32-. The van der Waals surface area contributed by atoms with Gasteiger partial charge in [-0.25, -0.2) is 0 Å². The molecule has 0 bridgehead atoms. The molecule has 0 spiro atoms. The van der Waals surface area contributed by atoms with Gasteiger partial charge in [0.15, 0.2) is 0 Å². The van der Waals surface area contributed by atoms with E-state index < -0.39 is 0 Å². The van der Waals surface area contributed by atoms with E-state index in [0.29, 0.717) is 13.0 Å². The summed E-state index contributed by atoms with van der Waals surface area (Å²) in [6.07, 6.45) is 29.7. The molecule has 0 aromatic carbocycles. The van der Waals surface area contributed by atoms with Crippen LogP contribution in [0.25, 0.3) is 0 Å².